The number of benzene rings is 3. The van der Waals surface area contributed by atoms with E-state index in [4.69, 9.17) is 16.3 Å². The first-order valence-corrected chi connectivity index (χ1v) is 13.4. The van der Waals surface area contributed by atoms with Crippen molar-refractivity contribution in [1.29, 1.82) is 0 Å². The summed E-state index contributed by atoms with van der Waals surface area (Å²) in [6.45, 7) is 1.46. The van der Waals surface area contributed by atoms with Gasteiger partial charge in [-0.15, -0.1) is 0 Å². The first-order valence-electron chi connectivity index (χ1n) is 13.0. The van der Waals surface area contributed by atoms with Gasteiger partial charge in [0.1, 0.15) is 18.2 Å². The standard InChI is InChI=1S/C30H21ClF3N7O3/c1-16-6-20(13-35-12-16)40-29(42)37-28(36-25-8-18-14-39(2)38-24(18)9-21(25)31)41(30(40)43)26-10-22(33)23(34)11-27(26)44-15-17-4-3-5-19(32)7-17/h3-14H,15H2,1-2H3,(H,36,37,42). The van der Waals surface area contributed by atoms with Crippen molar-refractivity contribution < 1.29 is 17.9 Å². The first-order chi connectivity index (χ1) is 21.1. The van der Waals surface area contributed by atoms with E-state index < -0.39 is 28.8 Å². The molecule has 44 heavy (non-hydrogen) atoms. The third-order valence-electron chi connectivity index (χ3n) is 6.59. The Bertz CT molecular complexity index is 2200. The van der Waals surface area contributed by atoms with Gasteiger partial charge in [0.25, 0.3) is 0 Å². The molecule has 0 aliphatic rings. The molecule has 0 saturated heterocycles. The van der Waals surface area contributed by atoms with E-state index in [9.17, 15) is 22.8 Å². The average molecular weight is 620 g/mol. The van der Waals surface area contributed by atoms with Crippen LogP contribution in [-0.4, -0.2) is 28.9 Å². The maximum Gasteiger partial charge on any atom is 0.359 e. The first kappa shape index (κ1) is 28.7. The molecule has 0 aliphatic carbocycles. The molecule has 0 amide bonds. The van der Waals surface area contributed by atoms with E-state index in [1.165, 1.54) is 36.7 Å². The fraction of sp³-hybridized carbons (Fsp3) is 0.100. The van der Waals surface area contributed by atoms with Crippen LogP contribution in [0, 0.1) is 24.4 Å². The van der Waals surface area contributed by atoms with Crippen LogP contribution in [0.15, 0.2) is 82.8 Å². The molecule has 3 aromatic heterocycles. The van der Waals surface area contributed by atoms with Gasteiger partial charge in [-0.1, -0.05) is 23.7 Å². The van der Waals surface area contributed by atoms with E-state index in [-0.39, 0.29) is 40.4 Å². The second-order valence-corrected chi connectivity index (χ2v) is 10.3. The number of fused-ring (bicyclic) bond motifs is 1. The minimum absolute atomic E-state index is 0.0902. The SMILES string of the molecule is Cc1cncc(-n2c(=O)nc(Nc3cc4cn(C)nc4cc3Cl)n(-c3cc(F)c(F)cc3OCc3cccc(F)c3)c2=O)c1. The van der Waals surface area contributed by atoms with Crippen LogP contribution in [0.1, 0.15) is 11.1 Å². The summed E-state index contributed by atoms with van der Waals surface area (Å²) in [6, 6.07) is 11.7. The van der Waals surface area contributed by atoms with Crippen LogP contribution >= 0.6 is 11.6 Å². The summed E-state index contributed by atoms with van der Waals surface area (Å²) in [4.78, 5) is 35.6. The lowest BCUT2D eigenvalue weighted by molar-refractivity contribution is 0.301. The monoisotopic (exact) mass is 619 g/mol. The van der Waals surface area contributed by atoms with Crippen LogP contribution in [0.25, 0.3) is 22.3 Å². The number of hydrogen-bond acceptors (Lipinski definition) is 7. The Morgan fingerprint density at radius 3 is 2.55 bits per heavy atom. The Balaban J connectivity index is 1.57. The van der Waals surface area contributed by atoms with Gasteiger partial charge in [-0.05, 0) is 48.4 Å². The van der Waals surface area contributed by atoms with Gasteiger partial charge in [0, 0.05) is 37.0 Å². The number of nitrogens with one attached hydrogen (secondary N) is 1. The van der Waals surface area contributed by atoms with Gasteiger partial charge >= 0.3 is 11.4 Å². The largest absolute Gasteiger partial charge is 0.487 e. The third-order valence-corrected chi connectivity index (χ3v) is 6.90. The van der Waals surface area contributed by atoms with Gasteiger partial charge in [-0.3, -0.25) is 9.67 Å². The maximum atomic E-state index is 14.8. The van der Waals surface area contributed by atoms with E-state index in [2.05, 4.69) is 20.4 Å². The number of pyridine rings is 1. The van der Waals surface area contributed by atoms with Crippen molar-refractivity contribution in [2.24, 2.45) is 7.05 Å². The fourth-order valence-corrected chi connectivity index (χ4v) is 4.83. The van der Waals surface area contributed by atoms with Crippen molar-refractivity contribution in [2.75, 3.05) is 5.32 Å². The molecule has 6 aromatic rings. The van der Waals surface area contributed by atoms with E-state index >= 15 is 0 Å². The van der Waals surface area contributed by atoms with Gasteiger partial charge in [0.05, 0.1) is 33.8 Å². The molecular weight excluding hydrogens is 599 g/mol. The predicted molar refractivity (Wildman–Crippen MR) is 158 cm³/mol. The molecule has 1 N–H and O–H groups in total. The molecule has 10 nitrogen and oxygen atoms in total. The van der Waals surface area contributed by atoms with E-state index in [1.54, 1.807) is 43.0 Å². The highest BCUT2D eigenvalue weighted by Gasteiger charge is 2.23. The molecule has 3 heterocycles. The zero-order valence-corrected chi connectivity index (χ0v) is 23.8. The summed E-state index contributed by atoms with van der Waals surface area (Å²) in [5.41, 5.74) is -0.329. The molecular formula is C30H21ClF3N7O3. The Morgan fingerprint density at radius 2 is 1.77 bits per heavy atom. The van der Waals surface area contributed by atoms with Crippen molar-refractivity contribution in [2.45, 2.75) is 13.5 Å². The molecule has 0 spiro atoms. The molecule has 0 saturated carbocycles. The molecule has 3 aromatic carbocycles. The summed E-state index contributed by atoms with van der Waals surface area (Å²) in [6.07, 6.45) is 4.54. The van der Waals surface area contributed by atoms with E-state index in [0.717, 1.165) is 21.3 Å². The Morgan fingerprint density at radius 1 is 0.977 bits per heavy atom. The molecule has 0 fully saturated rings. The van der Waals surface area contributed by atoms with Crippen molar-refractivity contribution in [3.8, 4) is 17.1 Å². The lowest BCUT2D eigenvalue weighted by atomic mass is 10.2. The highest BCUT2D eigenvalue weighted by molar-refractivity contribution is 6.34. The Kier molecular flexibility index (Phi) is 7.39. The molecule has 0 bridgehead atoms. The molecule has 6 rings (SSSR count). The predicted octanol–water partition coefficient (Wildman–Crippen LogP) is 5.37. The van der Waals surface area contributed by atoms with Crippen molar-refractivity contribution >= 4 is 34.1 Å². The highest BCUT2D eigenvalue weighted by atomic mass is 35.5. The van der Waals surface area contributed by atoms with Crippen molar-refractivity contribution in [1.82, 2.24) is 28.9 Å². The van der Waals surface area contributed by atoms with Crippen LogP contribution < -0.4 is 21.4 Å². The van der Waals surface area contributed by atoms with Crippen LogP contribution in [0.5, 0.6) is 5.75 Å². The number of aryl methyl sites for hydroxylation is 2. The second-order valence-electron chi connectivity index (χ2n) is 9.86. The Hall–Kier alpha value is -5.43. The van der Waals surface area contributed by atoms with Crippen LogP contribution in [0.4, 0.5) is 24.8 Å². The number of rotatable bonds is 7. The minimum atomic E-state index is -1.30. The van der Waals surface area contributed by atoms with Crippen molar-refractivity contribution in [3.05, 3.63) is 128 Å². The van der Waals surface area contributed by atoms with Crippen LogP contribution in [-0.2, 0) is 13.7 Å². The van der Waals surface area contributed by atoms with Crippen molar-refractivity contribution in [3.63, 3.8) is 0 Å². The molecule has 0 radical (unpaired) electrons. The molecule has 0 atom stereocenters. The fourth-order valence-electron chi connectivity index (χ4n) is 4.63. The second kappa shape index (κ2) is 11.3. The van der Waals surface area contributed by atoms with E-state index in [0.29, 0.717) is 22.0 Å². The van der Waals surface area contributed by atoms with Gasteiger partial charge < -0.3 is 10.1 Å². The normalized spacial score (nSPS) is 11.2. The molecule has 14 heteroatoms. The summed E-state index contributed by atoms with van der Waals surface area (Å²) in [7, 11) is 1.73. The number of ether oxygens (including phenoxy) is 1. The Labute approximate surface area is 251 Å². The highest BCUT2D eigenvalue weighted by Crippen LogP contribution is 2.32. The summed E-state index contributed by atoms with van der Waals surface area (Å²) >= 11 is 6.51. The zero-order chi connectivity index (χ0) is 31.1. The van der Waals surface area contributed by atoms with Gasteiger partial charge in [-0.2, -0.15) is 10.1 Å². The van der Waals surface area contributed by atoms with Crippen LogP contribution in [0.2, 0.25) is 5.02 Å². The topological polar surface area (TPSA) is 109 Å². The molecule has 0 unspecified atom stereocenters. The van der Waals surface area contributed by atoms with Crippen LogP contribution in [0.3, 0.4) is 0 Å². The lowest BCUT2D eigenvalue weighted by Gasteiger charge is -2.19. The number of halogens is 4. The van der Waals surface area contributed by atoms with Gasteiger partial charge in [-0.25, -0.2) is 31.9 Å². The summed E-state index contributed by atoms with van der Waals surface area (Å²) < 4.78 is 52.1. The minimum Gasteiger partial charge on any atom is -0.487 e. The summed E-state index contributed by atoms with van der Waals surface area (Å²) in [5.74, 6) is -3.75. The number of aromatic nitrogens is 6. The third kappa shape index (κ3) is 5.52. The summed E-state index contributed by atoms with van der Waals surface area (Å²) in [5, 5.41) is 8.05. The lowest BCUT2D eigenvalue weighted by Crippen LogP contribution is -2.41. The maximum absolute atomic E-state index is 14.8. The average Bonchev–Trinajstić information content (AvgIpc) is 3.32. The number of anilines is 2. The quantitative estimate of drug-likeness (QED) is 0.256. The number of hydrogen-bond donors (Lipinski definition) is 1. The zero-order valence-electron chi connectivity index (χ0n) is 23.1. The smallest absolute Gasteiger partial charge is 0.359 e. The van der Waals surface area contributed by atoms with Gasteiger partial charge in [0.2, 0.25) is 5.95 Å². The molecule has 0 aliphatic heterocycles. The number of nitrogens with zero attached hydrogens (tertiary/aromatic N) is 6. The van der Waals surface area contributed by atoms with E-state index in [1.807, 2.05) is 0 Å². The van der Waals surface area contributed by atoms with Gasteiger partial charge in [0.15, 0.2) is 11.6 Å². The molecule has 222 valence electrons.